The average molecular weight is 469 g/mol. The third-order valence-electron chi connectivity index (χ3n) is 5.66. The minimum atomic E-state index is -1.10. The molecule has 0 fully saturated rings. The molecule has 34 heavy (non-hydrogen) atoms. The van der Waals surface area contributed by atoms with Gasteiger partial charge in [0.25, 0.3) is 0 Å². The van der Waals surface area contributed by atoms with E-state index < -0.39 is 35.8 Å². The third-order valence-corrected chi connectivity index (χ3v) is 5.66. The molecule has 0 saturated carbocycles. The van der Waals surface area contributed by atoms with Gasteiger partial charge in [0.15, 0.2) is 0 Å². The predicted octanol–water partition coefficient (Wildman–Crippen LogP) is 4.97. The Labute approximate surface area is 199 Å². The van der Waals surface area contributed by atoms with Crippen molar-refractivity contribution in [3.05, 3.63) is 59.7 Å². The number of nitrogens with zero attached hydrogens (tertiary/aromatic N) is 1. The Hall–Kier alpha value is -3.55. The Balaban J connectivity index is 1.78. The van der Waals surface area contributed by atoms with Crippen molar-refractivity contribution in [2.75, 3.05) is 13.7 Å². The summed E-state index contributed by atoms with van der Waals surface area (Å²) in [5.74, 6) is -1.10. The Morgan fingerprint density at radius 3 is 2.06 bits per heavy atom. The molecule has 8 heteroatoms. The van der Waals surface area contributed by atoms with Crippen molar-refractivity contribution in [1.29, 1.82) is 0 Å². The molecule has 3 rings (SSSR count). The van der Waals surface area contributed by atoms with Crippen LogP contribution >= 0.6 is 0 Å². The van der Waals surface area contributed by atoms with E-state index in [0.29, 0.717) is 19.4 Å². The summed E-state index contributed by atoms with van der Waals surface area (Å²) in [5.41, 5.74) is 3.09. The molecule has 1 atom stereocenters. The molecule has 0 aromatic heterocycles. The normalized spacial score (nSPS) is 13.4. The van der Waals surface area contributed by atoms with E-state index in [1.807, 2.05) is 48.5 Å². The van der Waals surface area contributed by atoms with Crippen LogP contribution in [0.25, 0.3) is 11.1 Å². The first-order valence-corrected chi connectivity index (χ1v) is 11.4. The fourth-order valence-corrected chi connectivity index (χ4v) is 4.30. The Morgan fingerprint density at radius 2 is 1.56 bits per heavy atom. The topological polar surface area (TPSA) is 105 Å². The second kappa shape index (κ2) is 10.6. The maximum absolute atomic E-state index is 12.9. The minimum absolute atomic E-state index is 0.210. The van der Waals surface area contributed by atoms with Gasteiger partial charge >= 0.3 is 18.2 Å². The van der Waals surface area contributed by atoms with Gasteiger partial charge in [0, 0.05) is 6.54 Å². The van der Waals surface area contributed by atoms with Crippen LogP contribution in [0.5, 0.6) is 0 Å². The minimum Gasteiger partial charge on any atom is -0.480 e. The lowest BCUT2D eigenvalue weighted by Gasteiger charge is -2.34. The standard InChI is InChI=1S/C26H32N2O6/c1-26(2,3)34-24(31)27-16-10-9-15-21(23(29)30)28(25(32)33-4)22-19-13-7-5-11-17(19)18-12-6-8-14-20(18)22/h5-8,11-14,21-22H,9-10,15-16H2,1-4H3,(H,27,31)(H,29,30). The van der Waals surface area contributed by atoms with Gasteiger partial charge in [-0.1, -0.05) is 48.5 Å². The number of unbranched alkanes of at least 4 members (excludes halogenated alkanes) is 1. The number of hydrogen-bond donors (Lipinski definition) is 2. The second-order valence-corrected chi connectivity index (χ2v) is 9.23. The summed E-state index contributed by atoms with van der Waals surface area (Å²) in [7, 11) is 1.26. The fourth-order valence-electron chi connectivity index (χ4n) is 4.30. The largest absolute Gasteiger partial charge is 0.480 e. The van der Waals surface area contributed by atoms with Gasteiger partial charge in [0.2, 0.25) is 0 Å². The van der Waals surface area contributed by atoms with E-state index in [2.05, 4.69) is 5.32 Å². The molecule has 2 N–H and O–H groups in total. The van der Waals surface area contributed by atoms with Crippen LogP contribution in [0, 0.1) is 0 Å². The molecule has 182 valence electrons. The molecule has 1 unspecified atom stereocenters. The van der Waals surface area contributed by atoms with Gasteiger partial charge in [-0.2, -0.15) is 0 Å². The SMILES string of the molecule is COC(=O)N(C(CCCCNC(=O)OC(C)(C)C)C(=O)O)C1c2ccccc2-c2ccccc21. The molecule has 0 radical (unpaired) electrons. The third kappa shape index (κ3) is 5.68. The number of carboxylic acid groups (broad SMARTS) is 1. The predicted molar refractivity (Wildman–Crippen MR) is 127 cm³/mol. The van der Waals surface area contributed by atoms with E-state index in [9.17, 15) is 19.5 Å². The van der Waals surface area contributed by atoms with Gasteiger partial charge in [-0.15, -0.1) is 0 Å². The number of ether oxygens (including phenoxy) is 2. The second-order valence-electron chi connectivity index (χ2n) is 9.23. The smallest absolute Gasteiger partial charge is 0.411 e. The van der Waals surface area contributed by atoms with Gasteiger partial charge in [0.1, 0.15) is 11.6 Å². The molecule has 0 bridgehead atoms. The highest BCUT2D eigenvalue weighted by Crippen LogP contribution is 2.47. The number of carboxylic acids is 1. The Kier molecular flexibility index (Phi) is 7.81. The molecule has 0 heterocycles. The molecule has 8 nitrogen and oxygen atoms in total. The number of carbonyl (C=O) groups is 3. The monoisotopic (exact) mass is 468 g/mol. The summed E-state index contributed by atoms with van der Waals surface area (Å²) in [6.07, 6.45) is 0.0152. The zero-order valence-electron chi connectivity index (χ0n) is 20.0. The van der Waals surface area contributed by atoms with Crippen LogP contribution in [-0.4, -0.2) is 53.5 Å². The number of carbonyl (C=O) groups excluding carboxylic acids is 2. The van der Waals surface area contributed by atoms with E-state index in [1.165, 1.54) is 12.0 Å². The molecular weight excluding hydrogens is 436 g/mol. The number of hydrogen-bond acceptors (Lipinski definition) is 5. The van der Waals surface area contributed by atoms with Gasteiger partial charge in [-0.05, 0) is 62.3 Å². The van der Waals surface area contributed by atoms with E-state index in [4.69, 9.17) is 9.47 Å². The number of aliphatic carboxylic acids is 1. The van der Waals surface area contributed by atoms with E-state index in [1.54, 1.807) is 20.8 Å². The average Bonchev–Trinajstić information content (AvgIpc) is 3.11. The number of fused-ring (bicyclic) bond motifs is 3. The zero-order chi connectivity index (χ0) is 24.9. The molecular formula is C26H32N2O6. The summed E-state index contributed by atoms with van der Waals surface area (Å²) in [4.78, 5) is 38.4. The van der Waals surface area contributed by atoms with E-state index in [-0.39, 0.29) is 6.42 Å². The molecule has 1 aliphatic rings. The maximum atomic E-state index is 12.9. The van der Waals surface area contributed by atoms with Crippen LogP contribution in [0.4, 0.5) is 9.59 Å². The van der Waals surface area contributed by atoms with E-state index in [0.717, 1.165) is 22.3 Å². The van der Waals surface area contributed by atoms with Crippen molar-refractivity contribution in [2.24, 2.45) is 0 Å². The van der Waals surface area contributed by atoms with Crippen molar-refractivity contribution in [1.82, 2.24) is 10.2 Å². The summed E-state index contributed by atoms with van der Waals surface area (Å²) in [5, 5.41) is 12.8. The van der Waals surface area contributed by atoms with Crippen molar-refractivity contribution >= 4 is 18.2 Å². The molecule has 1 aliphatic carbocycles. The maximum Gasteiger partial charge on any atom is 0.411 e. The lowest BCUT2D eigenvalue weighted by Crippen LogP contribution is -2.47. The number of nitrogens with one attached hydrogen (secondary N) is 1. The Bertz CT molecular complexity index is 1000. The van der Waals surface area contributed by atoms with Crippen molar-refractivity contribution in [3.8, 4) is 11.1 Å². The van der Waals surface area contributed by atoms with Crippen molar-refractivity contribution in [3.63, 3.8) is 0 Å². The van der Waals surface area contributed by atoms with Crippen LogP contribution < -0.4 is 5.32 Å². The number of rotatable bonds is 8. The van der Waals surface area contributed by atoms with Crippen molar-refractivity contribution < 1.29 is 29.0 Å². The van der Waals surface area contributed by atoms with Crippen LogP contribution in [0.2, 0.25) is 0 Å². The first kappa shape index (κ1) is 25.1. The van der Waals surface area contributed by atoms with Crippen molar-refractivity contribution in [2.45, 2.75) is 57.7 Å². The summed E-state index contributed by atoms with van der Waals surface area (Å²) < 4.78 is 10.2. The lowest BCUT2D eigenvalue weighted by molar-refractivity contribution is -0.143. The zero-order valence-corrected chi connectivity index (χ0v) is 20.0. The quantitative estimate of drug-likeness (QED) is 0.530. The molecule has 2 aromatic carbocycles. The van der Waals surface area contributed by atoms with Crippen LogP contribution in [0.15, 0.2) is 48.5 Å². The number of alkyl carbamates (subject to hydrolysis) is 1. The Morgan fingerprint density at radius 1 is 1.00 bits per heavy atom. The highest BCUT2D eigenvalue weighted by Gasteiger charge is 2.41. The van der Waals surface area contributed by atoms with Gasteiger partial charge in [0.05, 0.1) is 13.2 Å². The molecule has 2 amide bonds. The molecule has 0 aliphatic heterocycles. The molecule has 0 saturated heterocycles. The summed E-state index contributed by atoms with van der Waals surface area (Å²) >= 11 is 0. The molecule has 0 spiro atoms. The van der Waals surface area contributed by atoms with E-state index >= 15 is 0 Å². The first-order chi connectivity index (χ1) is 16.1. The summed E-state index contributed by atoms with van der Waals surface area (Å²) in [6, 6.07) is 13.7. The highest BCUT2D eigenvalue weighted by atomic mass is 16.6. The van der Waals surface area contributed by atoms with Gasteiger partial charge in [-0.3, -0.25) is 4.90 Å². The molecule has 2 aromatic rings. The van der Waals surface area contributed by atoms with Crippen LogP contribution in [0.3, 0.4) is 0 Å². The fraction of sp³-hybridized carbons (Fsp3) is 0.423. The first-order valence-electron chi connectivity index (χ1n) is 11.4. The number of methoxy groups -OCH3 is 1. The lowest BCUT2D eigenvalue weighted by atomic mass is 9.99. The van der Waals surface area contributed by atoms with Crippen LogP contribution in [0.1, 0.15) is 57.2 Å². The van der Waals surface area contributed by atoms with Crippen LogP contribution in [-0.2, 0) is 14.3 Å². The van der Waals surface area contributed by atoms with Gasteiger partial charge < -0.3 is 19.9 Å². The number of amides is 2. The summed E-state index contributed by atoms with van der Waals surface area (Å²) in [6.45, 7) is 5.69. The van der Waals surface area contributed by atoms with Gasteiger partial charge in [-0.25, -0.2) is 14.4 Å². The number of benzene rings is 2. The highest BCUT2D eigenvalue weighted by molar-refractivity contribution is 5.85.